The predicted molar refractivity (Wildman–Crippen MR) is 106 cm³/mol. The number of aromatic nitrogens is 2. The lowest BCUT2D eigenvalue weighted by atomic mass is 9.88. The van der Waals surface area contributed by atoms with Gasteiger partial charge in [0, 0.05) is 43.8 Å². The molecule has 0 amide bonds. The molecular formula is C22H33N3O. The Morgan fingerprint density at radius 1 is 1.15 bits per heavy atom. The van der Waals surface area contributed by atoms with Crippen molar-refractivity contribution in [3.05, 3.63) is 30.5 Å². The van der Waals surface area contributed by atoms with Gasteiger partial charge in [-0.1, -0.05) is 25.1 Å². The fraction of sp³-hybridized carbons (Fsp3) is 0.682. The molecule has 3 heterocycles. The molecule has 2 aliphatic heterocycles. The highest BCUT2D eigenvalue weighted by molar-refractivity contribution is 5.78. The number of piperidine rings is 1. The first-order chi connectivity index (χ1) is 12.7. The third kappa shape index (κ3) is 3.81. The molecule has 2 fully saturated rings. The van der Waals surface area contributed by atoms with Gasteiger partial charge in [0.25, 0.3) is 0 Å². The normalized spacial score (nSPS) is 27.2. The number of ether oxygens (including phenoxy) is 1. The van der Waals surface area contributed by atoms with E-state index < -0.39 is 0 Å². The predicted octanol–water partition coefficient (Wildman–Crippen LogP) is 4.34. The molecule has 2 aliphatic rings. The van der Waals surface area contributed by atoms with Crippen LogP contribution in [0.25, 0.3) is 10.9 Å². The Balaban J connectivity index is 1.33. The van der Waals surface area contributed by atoms with Crippen LogP contribution in [0.2, 0.25) is 0 Å². The summed E-state index contributed by atoms with van der Waals surface area (Å²) in [5, 5.41) is 5.87. The summed E-state index contributed by atoms with van der Waals surface area (Å²) in [6.45, 7) is 8.50. The van der Waals surface area contributed by atoms with Gasteiger partial charge in [0.2, 0.25) is 0 Å². The molecule has 26 heavy (non-hydrogen) atoms. The summed E-state index contributed by atoms with van der Waals surface area (Å²) in [6.07, 6.45) is 8.79. The van der Waals surface area contributed by atoms with Crippen molar-refractivity contribution < 1.29 is 4.74 Å². The van der Waals surface area contributed by atoms with Crippen LogP contribution in [0, 0.1) is 11.8 Å². The van der Waals surface area contributed by atoms with Crippen molar-refractivity contribution in [1.82, 2.24) is 14.7 Å². The van der Waals surface area contributed by atoms with Crippen molar-refractivity contribution in [3.8, 4) is 0 Å². The smallest absolute Gasteiger partial charge is 0.0682 e. The first kappa shape index (κ1) is 18.0. The zero-order valence-electron chi connectivity index (χ0n) is 16.3. The van der Waals surface area contributed by atoms with Crippen molar-refractivity contribution in [3.63, 3.8) is 0 Å². The number of benzene rings is 1. The van der Waals surface area contributed by atoms with Gasteiger partial charge >= 0.3 is 0 Å². The van der Waals surface area contributed by atoms with Crippen LogP contribution in [0.4, 0.5) is 0 Å². The number of nitrogens with zero attached hydrogens (tertiary/aromatic N) is 3. The van der Waals surface area contributed by atoms with E-state index >= 15 is 0 Å². The summed E-state index contributed by atoms with van der Waals surface area (Å²) < 4.78 is 7.78. The maximum atomic E-state index is 5.59. The lowest BCUT2D eigenvalue weighted by Gasteiger charge is -2.40. The molecule has 4 rings (SSSR count). The number of fused-ring (bicyclic) bond motifs is 3. The molecule has 4 nitrogen and oxygen atoms in total. The van der Waals surface area contributed by atoms with Crippen LogP contribution in [0.5, 0.6) is 0 Å². The summed E-state index contributed by atoms with van der Waals surface area (Å²) in [5.74, 6) is 1.50. The molecular weight excluding hydrogens is 322 g/mol. The van der Waals surface area contributed by atoms with Crippen molar-refractivity contribution in [2.45, 2.75) is 64.6 Å². The van der Waals surface area contributed by atoms with Crippen molar-refractivity contribution >= 4 is 10.9 Å². The Morgan fingerprint density at radius 3 is 2.69 bits per heavy atom. The van der Waals surface area contributed by atoms with Gasteiger partial charge in [-0.3, -0.25) is 9.58 Å². The first-order valence-corrected chi connectivity index (χ1v) is 10.5. The number of hydrogen-bond acceptors (Lipinski definition) is 3. The number of hydrogen-bond donors (Lipinski definition) is 0. The molecule has 1 aromatic heterocycles. The monoisotopic (exact) mass is 355 g/mol. The second kappa shape index (κ2) is 8.10. The topological polar surface area (TPSA) is 30.3 Å². The second-order valence-corrected chi connectivity index (χ2v) is 8.40. The molecule has 2 bridgehead atoms. The van der Waals surface area contributed by atoms with E-state index in [4.69, 9.17) is 4.74 Å². The van der Waals surface area contributed by atoms with Crippen molar-refractivity contribution in [2.75, 3.05) is 19.8 Å². The van der Waals surface area contributed by atoms with Crippen LogP contribution < -0.4 is 0 Å². The van der Waals surface area contributed by atoms with E-state index in [1.165, 1.54) is 49.6 Å². The average Bonchev–Trinajstić information content (AvgIpc) is 3.13. The van der Waals surface area contributed by atoms with E-state index in [1.54, 1.807) is 0 Å². The van der Waals surface area contributed by atoms with E-state index in [-0.39, 0.29) is 0 Å². The van der Waals surface area contributed by atoms with Gasteiger partial charge in [0.15, 0.2) is 0 Å². The third-order valence-electron chi connectivity index (χ3n) is 6.41. The lowest BCUT2D eigenvalue weighted by Crippen LogP contribution is -2.45. The molecule has 3 atom stereocenters. The van der Waals surface area contributed by atoms with Gasteiger partial charge in [-0.2, -0.15) is 5.10 Å². The highest BCUT2D eigenvalue weighted by Crippen LogP contribution is 2.40. The SMILES string of the molecule is CCOCCC1C[C@@H]2CC[C@@H](C1)N2C[C@@H](C)Cn1ncc2ccccc21. The van der Waals surface area contributed by atoms with Gasteiger partial charge in [0.1, 0.15) is 0 Å². The summed E-state index contributed by atoms with van der Waals surface area (Å²) in [6, 6.07) is 10.1. The number of para-hydroxylation sites is 1. The molecule has 0 spiro atoms. The second-order valence-electron chi connectivity index (χ2n) is 8.40. The zero-order chi connectivity index (χ0) is 17.9. The maximum absolute atomic E-state index is 5.59. The van der Waals surface area contributed by atoms with Gasteiger partial charge in [-0.25, -0.2) is 0 Å². The third-order valence-corrected chi connectivity index (χ3v) is 6.41. The largest absolute Gasteiger partial charge is 0.382 e. The molecule has 0 N–H and O–H groups in total. The molecule has 2 saturated heterocycles. The van der Waals surface area contributed by atoms with E-state index in [9.17, 15) is 0 Å². The van der Waals surface area contributed by atoms with Gasteiger partial charge in [-0.15, -0.1) is 0 Å². The van der Waals surface area contributed by atoms with Gasteiger partial charge < -0.3 is 4.74 Å². The highest BCUT2D eigenvalue weighted by atomic mass is 16.5. The molecule has 2 aromatic rings. The van der Waals surface area contributed by atoms with Crippen LogP contribution >= 0.6 is 0 Å². The minimum absolute atomic E-state index is 0.626. The molecule has 1 aromatic carbocycles. The highest BCUT2D eigenvalue weighted by Gasteiger charge is 2.40. The summed E-state index contributed by atoms with van der Waals surface area (Å²) in [4.78, 5) is 2.83. The molecule has 0 aliphatic carbocycles. The van der Waals surface area contributed by atoms with E-state index in [0.29, 0.717) is 5.92 Å². The van der Waals surface area contributed by atoms with Crippen molar-refractivity contribution in [1.29, 1.82) is 0 Å². The Morgan fingerprint density at radius 2 is 1.92 bits per heavy atom. The lowest BCUT2D eigenvalue weighted by molar-refractivity contribution is 0.0635. The van der Waals surface area contributed by atoms with E-state index in [2.05, 4.69) is 52.8 Å². The van der Waals surface area contributed by atoms with Crippen LogP contribution in [-0.2, 0) is 11.3 Å². The molecule has 0 radical (unpaired) electrons. The van der Waals surface area contributed by atoms with Gasteiger partial charge in [-0.05, 0) is 56.9 Å². The van der Waals surface area contributed by atoms with Crippen LogP contribution in [0.15, 0.2) is 30.5 Å². The summed E-state index contributed by atoms with van der Waals surface area (Å²) in [7, 11) is 0. The fourth-order valence-electron chi connectivity index (χ4n) is 5.20. The molecule has 0 unspecified atom stereocenters. The standard InChI is InChI=1S/C22H33N3O/c1-3-26-11-10-18-12-20-8-9-21(13-18)24(20)15-17(2)16-25-22-7-5-4-6-19(22)14-23-25/h4-7,14,17-18,20-21H,3,8-13,15-16H2,1-2H3/t17-,20+,21+/m1/s1. The Kier molecular flexibility index (Phi) is 5.60. The van der Waals surface area contributed by atoms with Crippen LogP contribution in [-0.4, -0.2) is 46.5 Å². The number of rotatable bonds is 8. The quantitative estimate of drug-likeness (QED) is 0.660. The van der Waals surface area contributed by atoms with E-state index in [1.807, 2.05) is 6.20 Å². The van der Waals surface area contributed by atoms with Gasteiger partial charge in [0.05, 0.1) is 11.7 Å². The minimum atomic E-state index is 0.626. The fourth-order valence-corrected chi connectivity index (χ4v) is 5.20. The first-order valence-electron chi connectivity index (χ1n) is 10.5. The Bertz CT molecular complexity index is 698. The molecule has 4 heteroatoms. The van der Waals surface area contributed by atoms with Crippen LogP contribution in [0.1, 0.15) is 46.0 Å². The zero-order valence-corrected chi connectivity index (χ0v) is 16.3. The Hall–Kier alpha value is -1.39. The summed E-state index contributed by atoms with van der Waals surface area (Å²) in [5.41, 5.74) is 1.26. The molecule has 142 valence electrons. The van der Waals surface area contributed by atoms with Crippen LogP contribution in [0.3, 0.4) is 0 Å². The minimum Gasteiger partial charge on any atom is -0.382 e. The average molecular weight is 356 g/mol. The van der Waals surface area contributed by atoms with E-state index in [0.717, 1.165) is 37.8 Å². The maximum Gasteiger partial charge on any atom is 0.0682 e. The summed E-state index contributed by atoms with van der Waals surface area (Å²) >= 11 is 0. The molecule has 0 saturated carbocycles. The Labute approximate surface area is 157 Å². The van der Waals surface area contributed by atoms with Crippen molar-refractivity contribution in [2.24, 2.45) is 11.8 Å².